The van der Waals surface area contributed by atoms with Gasteiger partial charge in [0, 0.05) is 21.1 Å². The third kappa shape index (κ3) is 4.59. The minimum absolute atomic E-state index is 0.289. The smallest absolute Gasteiger partial charge is 0.351 e. The number of halogens is 1. The van der Waals surface area contributed by atoms with Crippen molar-refractivity contribution in [1.29, 1.82) is 0 Å². The molecule has 0 bridgehead atoms. The van der Waals surface area contributed by atoms with Crippen LogP contribution in [0.5, 0.6) is 11.5 Å². The first-order valence-electron chi connectivity index (χ1n) is 11.2. The van der Waals surface area contributed by atoms with Crippen molar-refractivity contribution in [3.8, 4) is 11.5 Å². The Morgan fingerprint density at radius 1 is 1.14 bits per heavy atom. The molecule has 0 saturated carbocycles. The zero-order chi connectivity index (χ0) is 26.3. The Morgan fingerprint density at radius 2 is 1.95 bits per heavy atom. The van der Waals surface area contributed by atoms with Crippen LogP contribution in [0.25, 0.3) is 22.0 Å². The van der Waals surface area contributed by atoms with Gasteiger partial charge in [-0.3, -0.25) is 0 Å². The van der Waals surface area contributed by atoms with E-state index in [0.29, 0.717) is 51.7 Å². The molecule has 0 radical (unpaired) electrons. The number of carboxylic acid groups (broad SMARTS) is 1. The summed E-state index contributed by atoms with van der Waals surface area (Å²) < 4.78 is 19.4. The van der Waals surface area contributed by atoms with Gasteiger partial charge in [0.05, 0.1) is 37.5 Å². The summed E-state index contributed by atoms with van der Waals surface area (Å²) in [4.78, 5) is 28.9. The first-order valence-corrected chi connectivity index (χ1v) is 12.3. The summed E-state index contributed by atoms with van der Waals surface area (Å²) in [7, 11) is 3.16. The van der Waals surface area contributed by atoms with Crippen LogP contribution in [0.2, 0.25) is 0 Å². The van der Waals surface area contributed by atoms with Crippen molar-refractivity contribution < 1.29 is 23.8 Å². The van der Waals surface area contributed by atoms with Crippen LogP contribution in [-0.4, -0.2) is 34.8 Å². The molecule has 9 nitrogen and oxygen atoms in total. The number of aryl methyl sites for hydroxylation is 1. The van der Waals surface area contributed by atoms with E-state index in [1.54, 1.807) is 39.3 Å². The highest BCUT2D eigenvalue weighted by Gasteiger charge is 2.21. The van der Waals surface area contributed by atoms with Gasteiger partial charge in [0.2, 0.25) is 5.95 Å². The Hall–Kier alpha value is -4.06. The normalized spacial score (nSPS) is 11.1. The maximum atomic E-state index is 12.4. The van der Waals surface area contributed by atoms with Crippen LogP contribution in [0.15, 0.2) is 63.8 Å². The van der Waals surface area contributed by atoms with E-state index in [0.717, 1.165) is 9.13 Å². The van der Waals surface area contributed by atoms with Crippen LogP contribution in [0.1, 0.15) is 21.5 Å². The van der Waals surface area contributed by atoms with Gasteiger partial charge in [0.1, 0.15) is 22.6 Å². The molecule has 0 fully saturated rings. The van der Waals surface area contributed by atoms with E-state index >= 15 is 0 Å². The Labute approximate surface area is 224 Å². The van der Waals surface area contributed by atoms with Crippen molar-refractivity contribution in [3.63, 3.8) is 0 Å². The average molecular weight is 611 g/mol. The molecule has 2 N–H and O–H groups in total. The standard InChI is InChI=1S/C27H22IN3O6/c1-14-18-11-20-21(12-22(18)37-26(34)24(14)25(32)33)31(13-15-5-4-6-16(28)9-15)27(30-20)29-19-8-7-17(35-2)10-23(19)36-3/h4-12H,13H2,1-3H3,(H,29,30)(H,32,33). The lowest BCUT2D eigenvalue weighted by Crippen LogP contribution is -2.15. The Morgan fingerprint density at radius 3 is 2.65 bits per heavy atom. The average Bonchev–Trinajstić information content (AvgIpc) is 3.18. The zero-order valence-corrected chi connectivity index (χ0v) is 22.3. The minimum atomic E-state index is -1.33. The number of carboxylic acids is 1. The molecule has 188 valence electrons. The van der Waals surface area contributed by atoms with E-state index in [1.807, 2.05) is 34.9 Å². The highest BCUT2D eigenvalue weighted by Crippen LogP contribution is 2.34. The lowest BCUT2D eigenvalue weighted by atomic mass is 10.1. The molecule has 0 amide bonds. The van der Waals surface area contributed by atoms with Crippen molar-refractivity contribution in [1.82, 2.24) is 9.55 Å². The van der Waals surface area contributed by atoms with Crippen molar-refractivity contribution >= 4 is 62.2 Å². The fourth-order valence-electron chi connectivity index (χ4n) is 4.31. The summed E-state index contributed by atoms with van der Waals surface area (Å²) in [5.41, 5.74) is 2.41. The van der Waals surface area contributed by atoms with E-state index < -0.39 is 11.6 Å². The number of aromatic carboxylic acids is 1. The monoisotopic (exact) mass is 611 g/mol. The van der Waals surface area contributed by atoms with Crippen LogP contribution in [0, 0.1) is 10.5 Å². The molecular weight excluding hydrogens is 589 g/mol. The molecule has 37 heavy (non-hydrogen) atoms. The first kappa shape index (κ1) is 24.6. The number of methoxy groups -OCH3 is 2. The molecule has 2 aromatic heterocycles. The number of rotatable bonds is 7. The van der Waals surface area contributed by atoms with E-state index in [-0.39, 0.29) is 11.1 Å². The third-order valence-corrected chi connectivity index (χ3v) is 6.81. The lowest BCUT2D eigenvalue weighted by molar-refractivity contribution is 0.0691. The van der Waals surface area contributed by atoms with Gasteiger partial charge in [-0.1, -0.05) is 12.1 Å². The van der Waals surface area contributed by atoms with E-state index in [4.69, 9.17) is 18.9 Å². The maximum Gasteiger partial charge on any atom is 0.351 e. The molecule has 0 saturated heterocycles. The van der Waals surface area contributed by atoms with Crippen LogP contribution in [0.4, 0.5) is 11.6 Å². The van der Waals surface area contributed by atoms with Gasteiger partial charge in [-0.25, -0.2) is 14.6 Å². The van der Waals surface area contributed by atoms with E-state index in [1.165, 1.54) is 0 Å². The van der Waals surface area contributed by atoms with Crippen LogP contribution < -0.4 is 20.4 Å². The van der Waals surface area contributed by atoms with Crippen molar-refractivity contribution in [2.75, 3.05) is 19.5 Å². The highest BCUT2D eigenvalue weighted by molar-refractivity contribution is 14.1. The molecule has 5 aromatic rings. The second-order valence-corrected chi connectivity index (χ2v) is 9.62. The van der Waals surface area contributed by atoms with Crippen molar-refractivity contribution in [2.24, 2.45) is 0 Å². The predicted molar refractivity (Wildman–Crippen MR) is 149 cm³/mol. The molecule has 0 unspecified atom stereocenters. The summed E-state index contributed by atoms with van der Waals surface area (Å²) in [5, 5.41) is 13.4. The lowest BCUT2D eigenvalue weighted by Gasteiger charge is -2.14. The molecule has 0 spiro atoms. The summed E-state index contributed by atoms with van der Waals surface area (Å²) in [6, 6.07) is 17.0. The predicted octanol–water partition coefficient (Wildman–Crippen LogP) is 5.56. The number of hydrogen-bond donors (Lipinski definition) is 2. The highest BCUT2D eigenvalue weighted by atomic mass is 127. The molecule has 0 atom stereocenters. The topological polar surface area (TPSA) is 116 Å². The van der Waals surface area contributed by atoms with Gasteiger partial charge in [-0.15, -0.1) is 0 Å². The van der Waals surface area contributed by atoms with Gasteiger partial charge >= 0.3 is 11.6 Å². The number of hydrogen-bond acceptors (Lipinski definition) is 7. The van der Waals surface area contributed by atoms with Crippen LogP contribution in [0.3, 0.4) is 0 Å². The van der Waals surface area contributed by atoms with Gasteiger partial charge < -0.3 is 28.9 Å². The summed E-state index contributed by atoms with van der Waals surface area (Å²) in [6.45, 7) is 2.08. The number of aromatic nitrogens is 2. The molecule has 0 aliphatic carbocycles. The van der Waals surface area contributed by atoms with Crippen molar-refractivity contribution in [2.45, 2.75) is 13.5 Å². The number of ether oxygens (including phenoxy) is 2. The Balaban J connectivity index is 1.73. The summed E-state index contributed by atoms with van der Waals surface area (Å²) >= 11 is 2.27. The molecular formula is C27H22IN3O6. The molecule has 0 aliphatic rings. The van der Waals surface area contributed by atoms with E-state index in [9.17, 15) is 14.7 Å². The maximum absolute atomic E-state index is 12.4. The molecule has 3 aromatic carbocycles. The number of benzene rings is 3. The Bertz CT molecular complexity index is 1740. The van der Waals surface area contributed by atoms with Gasteiger partial charge in [0.15, 0.2) is 0 Å². The molecule has 2 heterocycles. The number of anilines is 2. The van der Waals surface area contributed by atoms with Crippen LogP contribution >= 0.6 is 22.6 Å². The second kappa shape index (κ2) is 9.77. The Kier molecular flexibility index (Phi) is 6.50. The number of imidazole rings is 1. The molecule has 10 heteroatoms. The quantitative estimate of drug-likeness (QED) is 0.182. The largest absolute Gasteiger partial charge is 0.497 e. The summed E-state index contributed by atoms with van der Waals surface area (Å²) in [6.07, 6.45) is 0. The summed E-state index contributed by atoms with van der Waals surface area (Å²) in [5.74, 6) is 0.434. The van der Waals surface area contributed by atoms with Crippen LogP contribution in [-0.2, 0) is 6.54 Å². The fourth-order valence-corrected chi connectivity index (χ4v) is 4.92. The second-order valence-electron chi connectivity index (χ2n) is 8.37. The number of carbonyl (C=O) groups is 1. The molecule has 0 aliphatic heterocycles. The first-order chi connectivity index (χ1) is 17.8. The van der Waals surface area contributed by atoms with Crippen molar-refractivity contribution in [3.05, 3.63) is 85.3 Å². The number of fused-ring (bicyclic) bond motifs is 2. The van der Waals surface area contributed by atoms with Gasteiger partial charge in [-0.05, 0) is 71.0 Å². The minimum Gasteiger partial charge on any atom is -0.497 e. The number of nitrogens with zero attached hydrogens (tertiary/aromatic N) is 2. The third-order valence-electron chi connectivity index (χ3n) is 6.13. The zero-order valence-electron chi connectivity index (χ0n) is 20.2. The van der Waals surface area contributed by atoms with Gasteiger partial charge in [0.25, 0.3) is 0 Å². The van der Waals surface area contributed by atoms with E-state index in [2.05, 4.69) is 34.0 Å². The van der Waals surface area contributed by atoms with Gasteiger partial charge in [-0.2, -0.15) is 0 Å². The SMILES string of the molecule is COc1ccc(Nc2nc3cc4c(C)c(C(=O)O)c(=O)oc4cc3n2Cc2cccc(I)c2)c(OC)c1. The fraction of sp³-hybridized carbons (Fsp3) is 0.148. The number of nitrogens with one attached hydrogen (secondary N) is 1. The molecule has 5 rings (SSSR count).